The van der Waals surface area contributed by atoms with E-state index in [0.717, 1.165) is 0 Å². The first-order valence-corrected chi connectivity index (χ1v) is 1.60. The molecule has 0 aromatic carbocycles. The molecule has 0 bridgehead atoms. The van der Waals surface area contributed by atoms with Crippen LogP contribution in [0, 0.1) is 0 Å². The van der Waals surface area contributed by atoms with Crippen LogP contribution in [0.1, 0.15) is 0 Å². The molecule has 0 saturated heterocycles. The van der Waals surface area contributed by atoms with Gasteiger partial charge in [0.15, 0.2) is 0 Å². The van der Waals surface area contributed by atoms with Gasteiger partial charge in [0.25, 0.3) is 0 Å². The first-order chi connectivity index (χ1) is 1.41. The minimum Gasteiger partial charge on any atom is -0.269 e. The molecule has 0 aliphatic rings. The maximum Gasteiger partial charge on any atom is 0.0967 e. The third-order valence-electron chi connectivity index (χ3n) is 0. The van der Waals surface area contributed by atoms with Crippen LogP contribution in [-0.2, 0) is 0 Å². The van der Waals surface area contributed by atoms with Crippen molar-refractivity contribution in [1.29, 1.82) is 0 Å². The van der Waals surface area contributed by atoms with Crippen LogP contribution in [-0.4, -0.2) is 13.8 Å². The number of halogens is 5. The minimum absolute atomic E-state index is 0. The molecule has 0 atom stereocenters. The van der Waals surface area contributed by atoms with Gasteiger partial charge in [0, 0.05) is 8.41 Å². The van der Waals surface area contributed by atoms with Crippen LogP contribution in [0.15, 0.2) is 0 Å². The van der Waals surface area contributed by atoms with Crippen molar-refractivity contribution < 1.29 is 14.1 Å². The Balaban J connectivity index is -0.00000000333. The normalized spacial score (nSPS) is 2.57. The van der Waals surface area contributed by atoms with E-state index < -0.39 is 0 Å². The second kappa shape index (κ2) is 92.3. The summed E-state index contributed by atoms with van der Waals surface area (Å²) in [5.74, 6) is 0. The predicted molar refractivity (Wildman–Crippen MR) is 29.8 cm³/mol. The van der Waals surface area contributed by atoms with E-state index in [-0.39, 0.29) is 27.9 Å². The van der Waals surface area contributed by atoms with Gasteiger partial charge >= 0.3 is 0 Å². The highest BCUT2D eigenvalue weighted by Crippen LogP contribution is 1.73. The van der Waals surface area contributed by atoms with Gasteiger partial charge in [0.1, 0.15) is 0 Å². The van der Waals surface area contributed by atoms with E-state index in [0.29, 0.717) is 0 Å². The smallest absolute Gasteiger partial charge is 0.0967 e. The van der Waals surface area contributed by atoms with Crippen molar-refractivity contribution in [1.82, 2.24) is 0 Å². The Hall–Kier alpha value is 0.435. The molecule has 0 aliphatic heterocycles. The van der Waals surface area contributed by atoms with Crippen molar-refractivity contribution >= 4 is 31.6 Å². The Morgan fingerprint density at radius 2 is 0.857 bits per heavy atom. The van der Waals surface area contributed by atoms with Crippen LogP contribution in [0.4, 0.5) is 14.1 Å². The summed E-state index contributed by atoms with van der Waals surface area (Å²) in [5.41, 5.74) is 0. The van der Waals surface area contributed by atoms with Gasteiger partial charge in [0.05, 0.1) is 5.34 Å². The number of alkyl halides is 2. The maximum atomic E-state index is 4.76. The molecule has 0 saturated carbocycles. The molecule has 0 spiro atoms. The molecule has 0 unspecified atom stereocenters. The number of hydrogen-bond acceptors (Lipinski definition) is 0. The lowest BCUT2D eigenvalue weighted by Crippen LogP contribution is -1.24. The summed E-state index contributed by atoms with van der Waals surface area (Å²) in [7, 11) is 0. The molecular formula is CH5BCl2F3. The summed E-state index contributed by atoms with van der Waals surface area (Å²) in [6.45, 7) is 0. The van der Waals surface area contributed by atoms with Gasteiger partial charge in [-0.3, -0.25) is 14.1 Å². The first kappa shape index (κ1) is 51.9. The molecule has 3 radical (unpaired) electrons. The van der Waals surface area contributed by atoms with Crippen molar-refractivity contribution in [2.75, 3.05) is 5.34 Å². The average Bonchev–Trinajstić information content (AvgIpc) is 0.918. The van der Waals surface area contributed by atoms with Gasteiger partial charge in [-0.2, -0.15) is 0 Å². The molecule has 0 rings (SSSR count). The summed E-state index contributed by atoms with van der Waals surface area (Å²) in [4.78, 5) is 0. The summed E-state index contributed by atoms with van der Waals surface area (Å²) in [6, 6.07) is 0. The Morgan fingerprint density at radius 3 is 0.857 bits per heavy atom. The zero-order valence-corrected chi connectivity index (χ0v) is 4.78. The lowest BCUT2D eigenvalue weighted by molar-refractivity contribution is 1.11. The van der Waals surface area contributed by atoms with Crippen molar-refractivity contribution in [3.8, 4) is 0 Å². The fourth-order valence-electron chi connectivity index (χ4n) is 0. The van der Waals surface area contributed by atoms with E-state index in [2.05, 4.69) is 0 Å². The summed E-state index contributed by atoms with van der Waals surface area (Å²) < 4.78 is 0. The van der Waals surface area contributed by atoms with Crippen LogP contribution in [0.3, 0.4) is 0 Å². The molecule has 47 valence electrons. The van der Waals surface area contributed by atoms with E-state index in [9.17, 15) is 0 Å². The predicted octanol–water partition coefficient (Wildman–Crippen LogP) is 1.50. The van der Waals surface area contributed by atoms with Crippen molar-refractivity contribution in [3.63, 3.8) is 0 Å². The monoisotopic (exact) mass is 155 g/mol. The molecule has 6 heteroatoms. The molecule has 0 heterocycles. The molecule has 0 fully saturated rings. The van der Waals surface area contributed by atoms with E-state index in [1.807, 2.05) is 0 Å². The Bertz CT molecular complexity index is 12.9. The van der Waals surface area contributed by atoms with Crippen molar-refractivity contribution in [2.45, 2.75) is 0 Å². The molecule has 7 heavy (non-hydrogen) atoms. The Morgan fingerprint density at radius 1 is 0.857 bits per heavy atom. The minimum atomic E-state index is 0. The van der Waals surface area contributed by atoms with Gasteiger partial charge < -0.3 is 0 Å². The van der Waals surface area contributed by atoms with Crippen LogP contribution in [0.25, 0.3) is 0 Å². The van der Waals surface area contributed by atoms with Gasteiger partial charge in [-0.25, -0.2) is 0 Å². The van der Waals surface area contributed by atoms with Gasteiger partial charge in [-0.1, -0.05) is 0 Å². The van der Waals surface area contributed by atoms with Gasteiger partial charge in [0.2, 0.25) is 0 Å². The molecule has 0 nitrogen and oxygen atoms in total. The quantitative estimate of drug-likeness (QED) is 0.368. The summed E-state index contributed by atoms with van der Waals surface area (Å²) in [5, 5.41) is 0.194. The van der Waals surface area contributed by atoms with Crippen LogP contribution >= 0.6 is 23.2 Å². The Labute approximate surface area is 51.9 Å². The molecule has 0 aliphatic carbocycles. The first-order valence-electron chi connectivity index (χ1n) is 0.535. The standard InChI is InChI=1S/CH2Cl2.B.3FH/c2-1-3;;;;/h1H2;;3*1H. The van der Waals surface area contributed by atoms with Crippen LogP contribution < -0.4 is 0 Å². The van der Waals surface area contributed by atoms with Crippen molar-refractivity contribution in [2.24, 2.45) is 0 Å². The average molecular weight is 156 g/mol. The highest BCUT2D eigenvalue weighted by Gasteiger charge is 1.41. The SMILES string of the molecule is ClCCl.F.F.F.[B]. The fraction of sp³-hybridized carbons (Fsp3) is 1.00. The highest BCUT2D eigenvalue weighted by molar-refractivity contribution is 6.40. The highest BCUT2D eigenvalue weighted by atomic mass is 35.5. The molecule has 0 aromatic heterocycles. The summed E-state index contributed by atoms with van der Waals surface area (Å²) in [6.07, 6.45) is 0. The maximum absolute atomic E-state index is 4.76. The molecule has 0 N–H and O–H groups in total. The van der Waals surface area contributed by atoms with Crippen LogP contribution in [0.2, 0.25) is 0 Å². The van der Waals surface area contributed by atoms with Crippen molar-refractivity contribution in [3.05, 3.63) is 0 Å². The topological polar surface area (TPSA) is 0 Å². The van der Waals surface area contributed by atoms with E-state index in [1.54, 1.807) is 0 Å². The zero-order valence-electron chi connectivity index (χ0n) is 3.27. The van der Waals surface area contributed by atoms with E-state index in [1.165, 1.54) is 0 Å². The second-order valence-corrected chi connectivity index (χ2v) is 0.909. The zero-order chi connectivity index (χ0) is 2.71. The molecular weight excluding hydrogens is 151 g/mol. The lowest BCUT2D eigenvalue weighted by Gasteiger charge is -1.42. The third kappa shape index (κ3) is 669. The largest absolute Gasteiger partial charge is 0.269 e. The molecule has 0 aromatic rings. The second-order valence-electron chi connectivity index (χ2n) is 0.101. The van der Waals surface area contributed by atoms with Gasteiger partial charge in [-0.05, 0) is 0 Å². The van der Waals surface area contributed by atoms with Crippen LogP contribution in [0.5, 0.6) is 0 Å². The fourth-order valence-corrected chi connectivity index (χ4v) is 0. The lowest BCUT2D eigenvalue weighted by atomic mass is 10.8. The third-order valence-corrected chi connectivity index (χ3v) is 0. The number of rotatable bonds is 0. The van der Waals surface area contributed by atoms with E-state index in [4.69, 9.17) is 23.2 Å². The summed E-state index contributed by atoms with van der Waals surface area (Å²) >= 11 is 9.53. The van der Waals surface area contributed by atoms with E-state index >= 15 is 0 Å². The Kier molecular flexibility index (Phi) is 685. The molecule has 0 amide bonds. The number of hydrogen-bond donors (Lipinski definition) is 0. The van der Waals surface area contributed by atoms with Gasteiger partial charge in [-0.15, -0.1) is 23.2 Å².